The number of nitrogens with one attached hydrogen (secondary N) is 2. The lowest BCUT2D eigenvalue weighted by Gasteiger charge is -2.13. The van der Waals surface area contributed by atoms with Gasteiger partial charge < -0.3 is 10.6 Å². The lowest BCUT2D eigenvalue weighted by Crippen LogP contribution is -2.17. The smallest absolute Gasteiger partial charge is 0.274 e. The number of aromatic nitrogens is 2. The van der Waals surface area contributed by atoms with Gasteiger partial charge in [-0.05, 0) is 56.4 Å². The van der Waals surface area contributed by atoms with E-state index in [9.17, 15) is 4.79 Å². The molecular weight excluding hydrogens is 348 g/mol. The second kappa shape index (κ2) is 9.13. The first kappa shape index (κ1) is 19.5. The van der Waals surface area contributed by atoms with Crippen molar-refractivity contribution in [2.45, 2.75) is 33.6 Å². The van der Waals surface area contributed by atoms with Crippen LogP contribution in [0.1, 0.15) is 39.2 Å². The minimum absolute atomic E-state index is 0.232. The number of aryl methyl sites for hydroxylation is 4. The van der Waals surface area contributed by atoms with E-state index in [-0.39, 0.29) is 5.91 Å². The number of benzene rings is 2. The third kappa shape index (κ3) is 5.16. The van der Waals surface area contributed by atoms with Crippen LogP contribution in [0.4, 0.5) is 11.6 Å². The van der Waals surface area contributed by atoms with Crippen molar-refractivity contribution in [3.05, 3.63) is 82.7 Å². The number of rotatable bonds is 7. The fourth-order valence-corrected chi connectivity index (χ4v) is 3.26. The SMILES string of the molecule is Cc1cc(C)c(NC(=O)c2ccnc(NCCCc3ccccc3)n2)c(C)c1. The molecule has 0 saturated heterocycles. The van der Waals surface area contributed by atoms with Crippen LogP contribution in [0, 0.1) is 20.8 Å². The van der Waals surface area contributed by atoms with Crippen LogP contribution in [0.25, 0.3) is 0 Å². The van der Waals surface area contributed by atoms with Crippen molar-refractivity contribution in [1.29, 1.82) is 0 Å². The molecule has 5 heteroatoms. The third-order valence-electron chi connectivity index (χ3n) is 4.57. The van der Waals surface area contributed by atoms with E-state index in [1.807, 2.05) is 39.0 Å². The van der Waals surface area contributed by atoms with E-state index in [0.29, 0.717) is 11.6 Å². The molecule has 0 fully saturated rings. The van der Waals surface area contributed by atoms with Gasteiger partial charge in [-0.15, -0.1) is 0 Å². The molecule has 3 aromatic rings. The standard InChI is InChI=1S/C23H26N4O/c1-16-14-17(2)21(18(3)15-16)27-22(28)20-11-13-25-23(26-20)24-12-7-10-19-8-5-4-6-9-19/h4-6,8-9,11,13-15H,7,10,12H2,1-3H3,(H,27,28)(H,24,25,26). The summed E-state index contributed by atoms with van der Waals surface area (Å²) in [6.07, 6.45) is 3.56. The highest BCUT2D eigenvalue weighted by Gasteiger charge is 2.12. The maximum atomic E-state index is 12.6. The maximum absolute atomic E-state index is 12.6. The van der Waals surface area contributed by atoms with E-state index in [1.54, 1.807) is 12.3 Å². The molecule has 0 atom stereocenters. The molecule has 0 saturated carbocycles. The van der Waals surface area contributed by atoms with E-state index < -0.39 is 0 Å². The van der Waals surface area contributed by atoms with E-state index in [0.717, 1.165) is 36.2 Å². The summed E-state index contributed by atoms with van der Waals surface area (Å²) in [6, 6.07) is 16.1. The third-order valence-corrected chi connectivity index (χ3v) is 4.57. The van der Waals surface area contributed by atoms with Crippen LogP contribution in [0.2, 0.25) is 0 Å². The first-order chi connectivity index (χ1) is 13.5. The van der Waals surface area contributed by atoms with Crippen molar-refractivity contribution < 1.29 is 4.79 Å². The molecule has 5 nitrogen and oxygen atoms in total. The molecule has 0 radical (unpaired) electrons. The van der Waals surface area contributed by atoms with Gasteiger partial charge in [0.25, 0.3) is 5.91 Å². The summed E-state index contributed by atoms with van der Waals surface area (Å²) < 4.78 is 0. The summed E-state index contributed by atoms with van der Waals surface area (Å²) in [5.74, 6) is 0.239. The zero-order valence-electron chi connectivity index (χ0n) is 16.6. The van der Waals surface area contributed by atoms with Gasteiger partial charge in [-0.3, -0.25) is 4.79 Å². The number of carbonyl (C=O) groups excluding carboxylic acids is 1. The molecule has 1 amide bonds. The van der Waals surface area contributed by atoms with E-state index in [4.69, 9.17) is 0 Å². The molecule has 3 rings (SSSR count). The quantitative estimate of drug-likeness (QED) is 0.588. The van der Waals surface area contributed by atoms with E-state index in [2.05, 4.69) is 44.9 Å². The summed E-state index contributed by atoms with van der Waals surface area (Å²) in [6.45, 7) is 6.78. The van der Waals surface area contributed by atoms with Crippen molar-refractivity contribution in [2.24, 2.45) is 0 Å². The van der Waals surface area contributed by atoms with Gasteiger partial charge >= 0.3 is 0 Å². The molecule has 2 aromatic carbocycles. The van der Waals surface area contributed by atoms with E-state index in [1.165, 1.54) is 11.1 Å². The molecule has 1 heterocycles. The van der Waals surface area contributed by atoms with Crippen molar-refractivity contribution in [3.63, 3.8) is 0 Å². The Kier molecular flexibility index (Phi) is 6.37. The minimum Gasteiger partial charge on any atom is -0.354 e. The Morgan fingerprint density at radius 3 is 2.43 bits per heavy atom. The number of amides is 1. The lowest BCUT2D eigenvalue weighted by atomic mass is 10.1. The summed E-state index contributed by atoms with van der Waals surface area (Å²) >= 11 is 0. The topological polar surface area (TPSA) is 66.9 Å². The van der Waals surface area contributed by atoms with Gasteiger partial charge in [0, 0.05) is 18.4 Å². The van der Waals surface area contributed by atoms with E-state index >= 15 is 0 Å². The van der Waals surface area contributed by atoms with Gasteiger partial charge in [0.1, 0.15) is 5.69 Å². The molecule has 0 aliphatic carbocycles. The molecule has 0 unspecified atom stereocenters. The Hall–Kier alpha value is -3.21. The second-order valence-corrected chi connectivity index (χ2v) is 7.01. The van der Waals surface area contributed by atoms with Crippen LogP contribution in [0.15, 0.2) is 54.7 Å². The molecule has 144 valence electrons. The highest BCUT2D eigenvalue weighted by molar-refractivity contribution is 6.03. The number of anilines is 2. The number of nitrogens with zero attached hydrogens (tertiary/aromatic N) is 2. The summed E-state index contributed by atoms with van der Waals surface area (Å²) in [4.78, 5) is 21.2. The fourth-order valence-electron chi connectivity index (χ4n) is 3.26. The van der Waals surface area contributed by atoms with Gasteiger partial charge in [-0.2, -0.15) is 0 Å². The van der Waals surface area contributed by atoms with Gasteiger partial charge in [0.15, 0.2) is 0 Å². The Labute approximate surface area is 166 Å². The Balaban J connectivity index is 1.59. The minimum atomic E-state index is -0.232. The summed E-state index contributed by atoms with van der Waals surface area (Å²) in [7, 11) is 0. The zero-order valence-corrected chi connectivity index (χ0v) is 16.6. The second-order valence-electron chi connectivity index (χ2n) is 7.01. The van der Waals surface area contributed by atoms with Crippen LogP contribution < -0.4 is 10.6 Å². The first-order valence-electron chi connectivity index (χ1n) is 9.53. The van der Waals surface area contributed by atoms with Crippen molar-refractivity contribution >= 4 is 17.5 Å². The van der Waals surface area contributed by atoms with Crippen molar-refractivity contribution in [1.82, 2.24) is 9.97 Å². The molecule has 2 N–H and O–H groups in total. The van der Waals surface area contributed by atoms with Crippen LogP contribution in [-0.4, -0.2) is 22.4 Å². The normalized spacial score (nSPS) is 10.5. The molecule has 0 aliphatic rings. The van der Waals surface area contributed by atoms with Crippen LogP contribution >= 0.6 is 0 Å². The first-order valence-corrected chi connectivity index (χ1v) is 9.53. The maximum Gasteiger partial charge on any atom is 0.274 e. The number of hydrogen-bond acceptors (Lipinski definition) is 4. The highest BCUT2D eigenvalue weighted by Crippen LogP contribution is 2.22. The van der Waals surface area contributed by atoms with Gasteiger partial charge in [0.05, 0.1) is 0 Å². The molecule has 1 aromatic heterocycles. The number of carbonyl (C=O) groups is 1. The fraction of sp³-hybridized carbons (Fsp3) is 0.261. The van der Waals surface area contributed by atoms with Crippen LogP contribution in [0.5, 0.6) is 0 Å². The Morgan fingerprint density at radius 2 is 1.71 bits per heavy atom. The van der Waals surface area contributed by atoms with Crippen molar-refractivity contribution in [2.75, 3.05) is 17.2 Å². The van der Waals surface area contributed by atoms with Gasteiger partial charge in [-0.1, -0.05) is 48.0 Å². The predicted octanol–water partition coefficient (Wildman–Crippen LogP) is 4.70. The number of hydrogen-bond donors (Lipinski definition) is 2. The van der Waals surface area contributed by atoms with Crippen molar-refractivity contribution in [3.8, 4) is 0 Å². The molecular formula is C23H26N4O. The zero-order chi connectivity index (χ0) is 19.9. The molecule has 28 heavy (non-hydrogen) atoms. The monoisotopic (exact) mass is 374 g/mol. The van der Waals surface area contributed by atoms with Crippen LogP contribution in [-0.2, 0) is 6.42 Å². The predicted molar refractivity (Wildman–Crippen MR) is 114 cm³/mol. The largest absolute Gasteiger partial charge is 0.354 e. The highest BCUT2D eigenvalue weighted by atomic mass is 16.1. The Bertz CT molecular complexity index is 931. The van der Waals surface area contributed by atoms with Gasteiger partial charge in [0.2, 0.25) is 5.95 Å². The average Bonchev–Trinajstić information content (AvgIpc) is 2.69. The molecule has 0 aliphatic heterocycles. The lowest BCUT2D eigenvalue weighted by molar-refractivity contribution is 0.102. The Morgan fingerprint density at radius 1 is 1.00 bits per heavy atom. The van der Waals surface area contributed by atoms with Crippen LogP contribution in [0.3, 0.4) is 0 Å². The average molecular weight is 374 g/mol. The van der Waals surface area contributed by atoms with Gasteiger partial charge in [-0.25, -0.2) is 9.97 Å². The summed E-state index contributed by atoms with van der Waals surface area (Å²) in [5.41, 5.74) is 5.75. The summed E-state index contributed by atoms with van der Waals surface area (Å²) in [5, 5.41) is 6.18. The molecule has 0 bridgehead atoms. The molecule has 0 spiro atoms.